The Morgan fingerprint density at radius 3 is 2.56 bits per heavy atom. The largest absolute Gasteiger partial charge is 0.415 e. The minimum Gasteiger partial charge on any atom is -0.415 e. The van der Waals surface area contributed by atoms with Gasteiger partial charge in [0, 0.05) is 43.6 Å². The molecule has 0 unspecified atom stereocenters. The fraction of sp³-hybridized carbons (Fsp3) is 0.261. The van der Waals surface area contributed by atoms with Gasteiger partial charge in [0.1, 0.15) is 5.69 Å². The van der Waals surface area contributed by atoms with Gasteiger partial charge < -0.3 is 19.0 Å². The van der Waals surface area contributed by atoms with Crippen molar-refractivity contribution in [2.75, 3.05) is 20.8 Å². The second-order valence-corrected chi connectivity index (χ2v) is 7.27. The lowest BCUT2D eigenvalue weighted by Crippen LogP contribution is -2.20. The molecule has 0 bridgehead atoms. The predicted molar refractivity (Wildman–Crippen MR) is 120 cm³/mol. The first kappa shape index (κ1) is 21.5. The number of nitrogens with one attached hydrogen (secondary N) is 1. The Morgan fingerprint density at radius 1 is 1.06 bits per heavy atom. The van der Waals surface area contributed by atoms with Crippen molar-refractivity contribution in [3.63, 3.8) is 0 Å². The topological polar surface area (TPSA) is 108 Å². The number of nitrogens with zero attached hydrogens (tertiary/aromatic N) is 5. The highest BCUT2D eigenvalue weighted by Crippen LogP contribution is 2.26. The predicted octanol–water partition coefficient (Wildman–Crippen LogP) is 2.70. The van der Waals surface area contributed by atoms with Crippen LogP contribution in [0.15, 0.2) is 58.0 Å². The smallest absolute Gasteiger partial charge is 0.268 e. The summed E-state index contributed by atoms with van der Waals surface area (Å²) in [5.41, 5.74) is 4.42. The first-order valence-corrected chi connectivity index (χ1v) is 10.2. The molecule has 0 radical (unpaired) electrons. The van der Waals surface area contributed by atoms with Crippen LogP contribution in [-0.2, 0) is 17.8 Å². The molecule has 3 aromatic heterocycles. The van der Waals surface area contributed by atoms with Crippen molar-refractivity contribution in [3.8, 4) is 34.3 Å². The van der Waals surface area contributed by atoms with Crippen LogP contribution in [0.5, 0.6) is 0 Å². The second-order valence-electron chi connectivity index (χ2n) is 7.27. The van der Waals surface area contributed by atoms with E-state index >= 15 is 0 Å². The van der Waals surface area contributed by atoms with Crippen molar-refractivity contribution in [1.29, 1.82) is 0 Å². The normalized spacial score (nSPS) is 11.1. The summed E-state index contributed by atoms with van der Waals surface area (Å²) in [5.74, 6) is 0.703. The number of aryl methyl sites for hydroxylation is 1. The number of ether oxygens (including phenoxy) is 1. The average Bonchev–Trinajstić information content (AvgIpc) is 3.30. The van der Waals surface area contributed by atoms with Gasteiger partial charge in [-0.2, -0.15) is 0 Å². The first-order chi connectivity index (χ1) is 15.6. The van der Waals surface area contributed by atoms with Crippen LogP contribution in [0.25, 0.3) is 34.3 Å². The van der Waals surface area contributed by atoms with Crippen LogP contribution in [0.1, 0.15) is 11.3 Å². The molecular formula is C23H24N6O3. The maximum absolute atomic E-state index is 12.1. The van der Waals surface area contributed by atoms with Crippen LogP contribution in [-0.4, -0.2) is 45.5 Å². The zero-order valence-corrected chi connectivity index (χ0v) is 18.2. The number of benzene rings is 1. The fourth-order valence-electron chi connectivity index (χ4n) is 3.24. The van der Waals surface area contributed by atoms with Crippen LogP contribution >= 0.6 is 0 Å². The van der Waals surface area contributed by atoms with E-state index in [9.17, 15) is 4.79 Å². The zero-order valence-electron chi connectivity index (χ0n) is 18.2. The molecule has 1 aromatic carbocycles. The molecule has 0 amide bonds. The average molecular weight is 432 g/mol. The Labute approximate surface area is 185 Å². The SMILES string of the molecule is CNCc1ccc(-c2nnc(-c3nc(-c4ccc(=O)n(CCOC)c4)cnc3C)o2)cc1. The van der Waals surface area contributed by atoms with Crippen molar-refractivity contribution in [2.24, 2.45) is 0 Å². The molecule has 164 valence electrons. The summed E-state index contributed by atoms with van der Waals surface area (Å²) < 4.78 is 12.6. The summed E-state index contributed by atoms with van der Waals surface area (Å²) >= 11 is 0. The lowest BCUT2D eigenvalue weighted by Gasteiger charge is -2.08. The molecule has 0 aliphatic rings. The third kappa shape index (κ3) is 4.63. The van der Waals surface area contributed by atoms with E-state index in [2.05, 4.69) is 20.5 Å². The maximum Gasteiger partial charge on any atom is 0.268 e. The lowest BCUT2D eigenvalue weighted by atomic mass is 10.1. The summed E-state index contributed by atoms with van der Waals surface area (Å²) in [6.45, 7) is 3.52. The van der Waals surface area contributed by atoms with Gasteiger partial charge in [-0.25, -0.2) is 4.98 Å². The molecule has 0 atom stereocenters. The van der Waals surface area contributed by atoms with Crippen LogP contribution in [0.2, 0.25) is 0 Å². The van der Waals surface area contributed by atoms with Gasteiger partial charge in [0.25, 0.3) is 11.4 Å². The lowest BCUT2D eigenvalue weighted by molar-refractivity contribution is 0.186. The number of aromatic nitrogens is 5. The maximum atomic E-state index is 12.1. The van der Waals surface area contributed by atoms with Crippen molar-refractivity contribution in [2.45, 2.75) is 20.0 Å². The number of hydrogen-bond donors (Lipinski definition) is 1. The Kier molecular flexibility index (Phi) is 6.48. The van der Waals surface area contributed by atoms with Gasteiger partial charge in [-0.1, -0.05) is 12.1 Å². The molecule has 0 fully saturated rings. The summed E-state index contributed by atoms with van der Waals surface area (Å²) in [5, 5.41) is 11.5. The molecule has 0 saturated heterocycles. The quantitative estimate of drug-likeness (QED) is 0.453. The van der Waals surface area contributed by atoms with Gasteiger partial charge in [-0.05, 0) is 37.7 Å². The third-order valence-corrected chi connectivity index (χ3v) is 4.98. The summed E-state index contributed by atoms with van der Waals surface area (Å²) in [4.78, 5) is 21.2. The highest BCUT2D eigenvalue weighted by atomic mass is 16.5. The Hall–Kier alpha value is -3.69. The zero-order chi connectivity index (χ0) is 22.5. The standard InChI is InChI=1S/C23H24N6O3/c1-15-21(23-28-27-22(32-23)17-6-4-16(5-7-17)12-24-2)26-19(13-25-15)18-8-9-20(30)29(14-18)10-11-31-3/h4-9,13-14,24H,10-12H2,1-3H3. The summed E-state index contributed by atoms with van der Waals surface area (Å²) in [6.07, 6.45) is 3.41. The second kappa shape index (κ2) is 9.63. The summed E-state index contributed by atoms with van der Waals surface area (Å²) in [6, 6.07) is 11.2. The molecule has 32 heavy (non-hydrogen) atoms. The van der Waals surface area contributed by atoms with Crippen LogP contribution in [0, 0.1) is 6.92 Å². The van der Waals surface area contributed by atoms with Crippen molar-refractivity contribution >= 4 is 0 Å². The molecule has 9 heteroatoms. The highest BCUT2D eigenvalue weighted by Gasteiger charge is 2.16. The third-order valence-electron chi connectivity index (χ3n) is 4.98. The minimum atomic E-state index is -0.103. The van der Waals surface area contributed by atoms with Crippen molar-refractivity contribution < 1.29 is 9.15 Å². The van der Waals surface area contributed by atoms with Crippen molar-refractivity contribution in [3.05, 3.63) is 70.4 Å². The van der Waals surface area contributed by atoms with E-state index in [-0.39, 0.29) is 5.56 Å². The van der Waals surface area contributed by atoms with E-state index in [4.69, 9.17) is 14.1 Å². The van der Waals surface area contributed by atoms with Gasteiger partial charge >= 0.3 is 0 Å². The molecule has 4 rings (SSSR count). The highest BCUT2D eigenvalue weighted by molar-refractivity contribution is 5.62. The number of rotatable bonds is 8. The number of hydrogen-bond acceptors (Lipinski definition) is 8. The van der Waals surface area contributed by atoms with Gasteiger partial charge in [0.15, 0.2) is 0 Å². The molecule has 3 heterocycles. The molecule has 1 N–H and O–H groups in total. The first-order valence-electron chi connectivity index (χ1n) is 10.2. The van der Waals surface area contributed by atoms with Gasteiger partial charge in [0.05, 0.1) is 24.2 Å². The summed E-state index contributed by atoms with van der Waals surface area (Å²) in [7, 11) is 3.51. The van der Waals surface area contributed by atoms with E-state index in [1.54, 1.807) is 30.1 Å². The fourth-order valence-corrected chi connectivity index (χ4v) is 3.24. The monoisotopic (exact) mass is 432 g/mol. The Morgan fingerprint density at radius 2 is 1.81 bits per heavy atom. The molecule has 4 aromatic rings. The minimum absolute atomic E-state index is 0.103. The van der Waals surface area contributed by atoms with Gasteiger partial charge in [0.2, 0.25) is 5.89 Å². The Bertz CT molecular complexity index is 1260. The van der Waals surface area contributed by atoms with E-state index in [0.717, 1.165) is 23.2 Å². The molecule has 0 aliphatic carbocycles. The molecule has 0 aliphatic heterocycles. The van der Waals surface area contributed by atoms with Crippen LogP contribution in [0.4, 0.5) is 0 Å². The number of methoxy groups -OCH3 is 1. The van der Waals surface area contributed by atoms with E-state index in [0.29, 0.717) is 42.0 Å². The van der Waals surface area contributed by atoms with E-state index in [1.165, 1.54) is 6.07 Å². The number of pyridine rings is 1. The molecule has 0 spiro atoms. The Balaban J connectivity index is 1.65. The van der Waals surface area contributed by atoms with Crippen molar-refractivity contribution in [1.82, 2.24) is 30.0 Å². The molecule has 9 nitrogen and oxygen atoms in total. The van der Waals surface area contributed by atoms with Gasteiger partial charge in [-0.3, -0.25) is 9.78 Å². The molecule has 0 saturated carbocycles. The van der Waals surface area contributed by atoms with Crippen LogP contribution < -0.4 is 10.9 Å². The van der Waals surface area contributed by atoms with E-state index in [1.807, 2.05) is 38.2 Å². The van der Waals surface area contributed by atoms with Gasteiger partial charge in [-0.15, -0.1) is 10.2 Å². The van der Waals surface area contributed by atoms with E-state index < -0.39 is 0 Å². The van der Waals surface area contributed by atoms with Crippen LogP contribution in [0.3, 0.4) is 0 Å². The molecular weight excluding hydrogens is 408 g/mol.